The molecule has 40 heavy (non-hydrogen) atoms. The van der Waals surface area contributed by atoms with Crippen LogP contribution in [0.3, 0.4) is 0 Å². The molecule has 0 saturated carbocycles. The number of nitrogens with one attached hydrogen (secondary N) is 1. The van der Waals surface area contributed by atoms with E-state index < -0.39 is 11.5 Å². The molecular formula is C36H30N2O2. The smallest absolute Gasteiger partial charge is 0.223 e. The van der Waals surface area contributed by atoms with Gasteiger partial charge in [-0.2, -0.15) is 0 Å². The molecule has 196 valence electrons. The van der Waals surface area contributed by atoms with E-state index in [0.29, 0.717) is 24.6 Å². The fourth-order valence-electron chi connectivity index (χ4n) is 6.19. The zero-order chi connectivity index (χ0) is 27.1. The standard InChI is InChI=1S/C36H30N2O2/c1-37-19-18-36(39)32-23-29(21-27-14-8-9-15-30(27)32)40-35-31(34(36)25-12-6-3-7-13-25)22-28-20-26(16-17-33(28)38-35)24-10-4-2-5-11-24/h2-17,20-23,34,37,39H,18-19H2,1H3/t34-,36+/m1/s1. The van der Waals surface area contributed by atoms with Crippen LogP contribution < -0.4 is 10.1 Å². The molecule has 5 aromatic carbocycles. The van der Waals surface area contributed by atoms with Crippen LogP contribution in [0.1, 0.15) is 29.0 Å². The molecule has 4 nitrogen and oxygen atoms in total. The van der Waals surface area contributed by atoms with Gasteiger partial charge in [-0.3, -0.25) is 0 Å². The van der Waals surface area contributed by atoms with Crippen LogP contribution >= 0.6 is 0 Å². The molecule has 2 atom stereocenters. The first kappa shape index (κ1) is 24.5. The summed E-state index contributed by atoms with van der Waals surface area (Å²) in [5, 5.41) is 19.4. The van der Waals surface area contributed by atoms with Gasteiger partial charge >= 0.3 is 0 Å². The highest BCUT2D eigenvalue weighted by molar-refractivity contribution is 5.90. The van der Waals surface area contributed by atoms with Gasteiger partial charge in [0, 0.05) is 16.9 Å². The highest BCUT2D eigenvalue weighted by atomic mass is 16.5. The maximum atomic E-state index is 13.0. The van der Waals surface area contributed by atoms with E-state index in [-0.39, 0.29) is 0 Å². The Morgan fingerprint density at radius 3 is 2.33 bits per heavy atom. The Morgan fingerprint density at radius 1 is 0.775 bits per heavy atom. The summed E-state index contributed by atoms with van der Waals surface area (Å²) < 4.78 is 6.58. The number of aromatic nitrogens is 1. The third-order valence-electron chi connectivity index (χ3n) is 8.11. The number of rotatable bonds is 5. The van der Waals surface area contributed by atoms with Crippen molar-refractivity contribution in [1.82, 2.24) is 10.3 Å². The van der Waals surface area contributed by atoms with Crippen molar-refractivity contribution in [3.63, 3.8) is 0 Å². The van der Waals surface area contributed by atoms with Crippen LogP contribution in [0.4, 0.5) is 0 Å². The lowest BCUT2D eigenvalue weighted by Gasteiger charge is -2.40. The summed E-state index contributed by atoms with van der Waals surface area (Å²) in [6, 6.07) is 41.4. The summed E-state index contributed by atoms with van der Waals surface area (Å²) in [5.41, 5.74) is 4.66. The Bertz CT molecular complexity index is 1840. The van der Waals surface area contributed by atoms with Gasteiger partial charge in [0.05, 0.1) is 5.52 Å². The zero-order valence-corrected chi connectivity index (χ0v) is 22.3. The van der Waals surface area contributed by atoms with Gasteiger partial charge in [0.15, 0.2) is 0 Å². The van der Waals surface area contributed by atoms with Crippen molar-refractivity contribution in [2.24, 2.45) is 0 Å². The van der Waals surface area contributed by atoms with Gasteiger partial charge in [0.1, 0.15) is 11.4 Å². The molecule has 2 heterocycles. The van der Waals surface area contributed by atoms with Crippen molar-refractivity contribution in [1.29, 1.82) is 0 Å². The fraction of sp³-hybridized carbons (Fsp3) is 0.139. The predicted octanol–water partition coefficient (Wildman–Crippen LogP) is 7.79. The number of nitrogens with zero attached hydrogens (tertiary/aromatic N) is 1. The monoisotopic (exact) mass is 522 g/mol. The van der Waals surface area contributed by atoms with Crippen LogP contribution in [0, 0.1) is 0 Å². The second kappa shape index (κ2) is 9.91. The van der Waals surface area contributed by atoms with Crippen LogP contribution in [-0.2, 0) is 5.60 Å². The quantitative estimate of drug-likeness (QED) is 0.243. The Kier molecular flexibility index (Phi) is 6.07. The van der Waals surface area contributed by atoms with Crippen LogP contribution in [0.2, 0.25) is 0 Å². The number of benzene rings is 5. The summed E-state index contributed by atoms with van der Waals surface area (Å²) in [7, 11) is 1.93. The van der Waals surface area contributed by atoms with Crippen LogP contribution in [-0.4, -0.2) is 23.7 Å². The molecule has 0 fully saturated rings. The summed E-state index contributed by atoms with van der Waals surface area (Å²) in [6.45, 7) is 0.647. The lowest BCUT2D eigenvalue weighted by atomic mass is 9.70. The van der Waals surface area contributed by atoms with Gasteiger partial charge in [-0.25, -0.2) is 4.98 Å². The molecule has 2 bridgehead atoms. The maximum absolute atomic E-state index is 13.0. The lowest BCUT2D eigenvalue weighted by Crippen LogP contribution is -2.38. The van der Waals surface area contributed by atoms with Gasteiger partial charge in [-0.05, 0) is 83.4 Å². The first-order valence-corrected chi connectivity index (χ1v) is 13.8. The number of hydrogen-bond donors (Lipinski definition) is 2. The minimum Gasteiger partial charge on any atom is -0.439 e. The summed E-state index contributed by atoms with van der Waals surface area (Å²) >= 11 is 0. The van der Waals surface area contributed by atoms with E-state index in [2.05, 4.69) is 78.1 Å². The Hall–Kier alpha value is -4.51. The summed E-state index contributed by atoms with van der Waals surface area (Å²) in [6.07, 6.45) is 0.512. The predicted molar refractivity (Wildman–Crippen MR) is 162 cm³/mol. The van der Waals surface area contributed by atoms with Crippen LogP contribution in [0.5, 0.6) is 11.6 Å². The third kappa shape index (κ3) is 4.13. The van der Waals surface area contributed by atoms with E-state index in [1.165, 1.54) is 0 Å². The Morgan fingerprint density at radius 2 is 1.52 bits per heavy atom. The molecule has 0 aliphatic carbocycles. The summed E-state index contributed by atoms with van der Waals surface area (Å²) in [4.78, 5) is 5.06. The first-order chi connectivity index (χ1) is 19.6. The van der Waals surface area contributed by atoms with Crippen molar-refractivity contribution in [3.05, 3.63) is 138 Å². The normalized spacial score (nSPS) is 18.1. The number of ether oxygens (including phenoxy) is 1. The minimum absolute atomic E-state index is 0.409. The highest BCUT2D eigenvalue weighted by Crippen LogP contribution is 2.52. The number of pyridine rings is 1. The van der Waals surface area contributed by atoms with Gasteiger partial charge in [0.2, 0.25) is 5.88 Å². The Balaban J connectivity index is 1.54. The maximum Gasteiger partial charge on any atom is 0.223 e. The average Bonchev–Trinajstić information content (AvgIpc) is 3.00. The highest BCUT2D eigenvalue weighted by Gasteiger charge is 2.44. The van der Waals surface area contributed by atoms with E-state index in [0.717, 1.165) is 49.5 Å². The van der Waals surface area contributed by atoms with E-state index in [9.17, 15) is 5.11 Å². The Labute approximate surface area is 233 Å². The number of hydrogen-bond acceptors (Lipinski definition) is 4. The molecule has 0 spiro atoms. The molecule has 6 aromatic rings. The van der Waals surface area contributed by atoms with Crippen LogP contribution in [0.25, 0.3) is 32.8 Å². The molecule has 7 rings (SSSR count). The van der Waals surface area contributed by atoms with E-state index in [1.807, 2.05) is 55.6 Å². The lowest BCUT2D eigenvalue weighted by molar-refractivity contribution is 0.0110. The van der Waals surface area contributed by atoms with Gasteiger partial charge < -0.3 is 15.2 Å². The van der Waals surface area contributed by atoms with Crippen molar-refractivity contribution in [2.45, 2.75) is 17.9 Å². The fourth-order valence-corrected chi connectivity index (χ4v) is 6.19. The van der Waals surface area contributed by atoms with Crippen molar-refractivity contribution in [3.8, 4) is 22.8 Å². The molecule has 0 saturated heterocycles. The van der Waals surface area contributed by atoms with Gasteiger partial charge in [-0.1, -0.05) is 91.0 Å². The molecule has 0 amide bonds. The molecule has 1 aliphatic rings. The second-order valence-electron chi connectivity index (χ2n) is 10.6. The molecule has 0 radical (unpaired) electrons. The van der Waals surface area contributed by atoms with Crippen LogP contribution in [0.15, 0.2) is 121 Å². The van der Waals surface area contributed by atoms with Crippen molar-refractivity contribution in [2.75, 3.05) is 13.6 Å². The summed E-state index contributed by atoms with van der Waals surface area (Å²) in [5.74, 6) is 0.794. The minimum atomic E-state index is -1.23. The molecule has 4 heteroatoms. The number of fused-ring (bicyclic) bond motifs is 6. The SMILES string of the molecule is CNCC[C@]1(O)c2cc(cc3ccccc23)Oc2nc3ccc(-c4ccccc4)cc3cc2[C@H]1c1ccccc1. The average molecular weight is 523 g/mol. The topological polar surface area (TPSA) is 54.4 Å². The van der Waals surface area contributed by atoms with Gasteiger partial charge in [0.25, 0.3) is 0 Å². The third-order valence-corrected chi connectivity index (χ3v) is 8.11. The molecule has 1 aromatic heterocycles. The van der Waals surface area contributed by atoms with E-state index in [1.54, 1.807) is 0 Å². The molecule has 1 aliphatic heterocycles. The van der Waals surface area contributed by atoms with E-state index >= 15 is 0 Å². The molecule has 0 unspecified atom stereocenters. The largest absolute Gasteiger partial charge is 0.439 e. The van der Waals surface area contributed by atoms with Crippen molar-refractivity contribution >= 4 is 21.7 Å². The molecular weight excluding hydrogens is 492 g/mol. The van der Waals surface area contributed by atoms with Crippen molar-refractivity contribution < 1.29 is 9.84 Å². The number of aliphatic hydroxyl groups is 1. The second-order valence-corrected chi connectivity index (χ2v) is 10.6. The van der Waals surface area contributed by atoms with Gasteiger partial charge in [-0.15, -0.1) is 0 Å². The van der Waals surface area contributed by atoms with E-state index in [4.69, 9.17) is 9.72 Å². The molecule has 2 N–H and O–H groups in total. The first-order valence-electron chi connectivity index (χ1n) is 13.8. The zero-order valence-electron chi connectivity index (χ0n) is 22.3.